The van der Waals surface area contributed by atoms with Crippen molar-refractivity contribution < 1.29 is 9.53 Å². The summed E-state index contributed by atoms with van der Waals surface area (Å²) in [5.41, 5.74) is 2.75. The lowest BCUT2D eigenvalue weighted by molar-refractivity contribution is 0.0976. The van der Waals surface area contributed by atoms with Crippen molar-refractivity contribution in [3.8, 4) is 5.75 Å². The van der Waals surface area contributed by atoms with Gasteiger partial charge in [0.25, 0.3) is 0 Å². The zero-order valence-corrected chi connectivity index (χ0v) is 16.8. The molecule has 0 aliphatic carbocycles. The van der Waals surface area contributed by atoms with E-state index in [1.165, 1.54) is 0 Å². The third-order valence-corrected chi connectivity index (χ3v) is 4.79. The van der Waals surface area contributed by atoms with Crippen molar-refractivity contribution in [3.63, 3.8) is 0 Å². The zero-order valence-electron chi connectivity index (χ0n) is 15.2. The monoisotopic (exact) mass is 423 g/mol. The number of nitrogens with one attached hydrogen (secondary N) is 1. The van der Waals surface area contributed by atoms with E-state index in [1.807, 2.05) is 85.8 Å². The van der Waals surface area contributed by atoms with Gasteiger partial charge in [0.15, 0.2) is 5.78 Å². The van der Waals surface area contributed by atoms with Crippen LogP contribution >= 0.6 is 15.9 Å². The summed E-state index contributed by atoms with van der Waals surface area (Å²) < 4.78 is 6.51. The first-order valence-electron chi connectivity index (χ1n) is 8.99. The first kappa shape index (κ1) is 19.2. The van der Waals surface area contributed by atoms with Gasteiger partial charge in [0.1, 0.15) is 5.75 Å². The van der Waals surface area contributed by atoms with Gasteiger partial charge in [-0.25, -0.2) is 0 Å². The van der Waals surface area contributed by atoms with Gasteiger partial charge >= 0.3 is 0 Å². The van der Waals surface area contributed by atoms with Crippen LogP contribution in [-0.2, 0) is 0 Å². The number of rotatable bonds is 8. The second-order valence-electron chi connectivity index (χ2n) is 6.20. The van der Waals surface area contributed by atoms with Crippen LogP contribution in [0.15, 0.2) is 83.3 Å². The number of ether oxygens (including phenoxy) is 1. The topological polar surface area (TPSA) is 38.3 Å². The minimum atomic E-state index is -0.122. The summed E-state index contributed by atoms with van der Waals surface area (Å²) in [6, 6.07) is 25.2. The van der Waals surface area contributed by atoms with E-state index in [9.17, 15) is 4.79 Å². The van der Waals surface area contributed by atoms with Crippen molar-refractivity contribution in [2.75, 3.05) is 11.9 Å². The Labute approximate surface area is 168 Å². The molecule has 138 valence electrons. The number of carbonyl (C=O) groups excluding carboxylic acids is 1. The van der Waals surface area contributed by atoms with Gasteiger partial charge < -0.3 is 10.1 Å². The van der Waals surface area contributed by atoms with Gasteiger partial charge in [-0.3, -0.25) is 4.79 Å². The van der Waals surface area contributed by atoms with Crippen LogP contribution in [0.1, 0.15) is 35.3 Å². The summed E-state index contributed by atoms with van der Waals surface area (Å²) in [5, 5.41) is 3.49. The number of carbonyl (C=O) groups is 1. The third-order valence-electron chi connectivity index (χ3n) is 4.26. The maximum absolute atomic E-state index is 12.8. The van der Waals surface area contributed by atoms with Gasteiger partial charge in [-0.2, -0.15) is 0 Å². The fraction of sp³-hybridized carbons (Fsp3) is 0.174. The number of benzene rings is 3. The lowest BCUT2D eigenvalue weighted by atomic mass is 9.97. The van der Waals surface area contributed by atoms with Gasteiger partial charge in [-0.15, -0.1) is 0 Å². The highest BCUT2D eigenvalue weighted by Gasteiger charge is 2.17. The van der Waals surface area contributed by atoms with Crippen LogP contribution in [0.4, 0.5) is 5.69 Å². The molecule has 4 heteroatoms. The number of halogens is 1. The number of hydrogen-bond donors (Lipinski definition) is 1. The minimum Gasteiger partial charge on any atom is -0.494 e. The largest absolute Gasteiger partial charge is 0.494 e. The molecule has 0 aliphatic rings. The van der Waals surface area contributed by atoms with Crippen LogP contribution in [0.3, 0.4) is 0 Å². The molecule has 3 aromatic carbocycles. The molecule has 0 saturated heterocycles. The number of Topliss-reactive ketones (excluding diaryl/α,β-unsaturated/α-hetero) is 1. The average Bonchev–Trinajstić information content (AvgIpc) is 2.70. The molecule has 27 heavy (non-hydrogen) atoms. The molecule has 0 fully saturated rings. The quantitative estimate of drug-likeness (QED) is 0.433. The molecule has 3 rings (SSSR count). The van der Waals surface area contributed by atoms with Crippen molar-refractivity contribution in [3.05, 3.63) is 94.5 Å². The Hall–Kier alpha value is -2.59. The molecule has 0 aliphatic heterocycles. The molecule has 0 bridgehead atoms. The lowest BCUT2D eigenvalue weighted by Gasteiger charge is -2.20. The summed E-state index contributed by atoms with van der Waals surface area (Å²) in [6.45, 7) is 2.60. The molecule has 1 atom stereocenters. The van der Waals surface area contributed by atoms with Crippen molar-refractivity contribution in [1.29, 1.82) is 0 Å². The predicted octanol–water partition coefficient (Wildman–Crippen LogP) is 6.27. The van der Waals surface area contributed by atoms with Gasteiger partial charge in [-0.05, 0) is 48.9 Å². The molecule has 3 aromatic rings. The Morgan fingerprint density at radius 2 is 1.63 bits per heavy atom. The van der Waals surface area contributed by atoms with E-state index in [-0.39, 0.29) is 11.8 Å². The molecule has 0 radical (unpaired) electrons. The normalized spacial score (nSPS) is 11.6. The molecular formula is C23H22BrNO2. The van der Waals surface area contributed by atoms with Crippen molar-refractivity contribution in [2.45, 2.75) is 19.4 Å². The van der Waals surface area contributed by atoms with E-state index in [0.29, 0.717) is 13.0 Å². The number of hydrogen-bond acceptors (Lipinski definition) is 3. The van der Waals surface area contributed by atoms with Crippen LogP contribution in [0.2, 0.25) is 0 Å². The number of ketones is 1. The van der Waals surface area contributed by atoms with Crippen LogP contribution in [0.25, 0.3) is 0 Å². The van der Waals surface area contributed by atoms with Crippen molar-refractivity contribution in [2.24, 2.45) is 0 Å². The van der Waals surface area contributed by atoms with E-state index < -0.39 is 0 Å². The summed E-state index contributed by atoms with van der Waals surface area (Å²) in [6.07, 6.45) is 0.374. The first-order chi connectivity index (χ1) is 13.2. The molecular weight excluding hydrogens is 402 g/mol. The highest BCUT2D eigenvalue weighted by Crippen LogP contribution is 2.27. The first-order valence-corrected chi connectivity index (χ1v) is 9.78. The van der Waals surface area contributed by atoms with Gasteiger partial charge in [0, 0.05) is 22.1 Å². The van der Waals surface area contributed by atoms with E-state index in [0.717, 1.165) is 27.0 Å². The molecule has 0 aromatic heterocycles. The third kappa shape index (κ3) is 5.44. The number of anilines is 1. The van der Waals surface area contributed by atoms with Crippen LogP contribution in [-0.4, -0.2) is 12.4 Å². The maximum atomic E-state index is 12.8. The summed E-state index contributed by atoms with van der Waals surface area (Å²) >= 11 is 3.47. The summed E-state index contributed by atoms with van der Waals surface area (Å²) in [5.74, 6) is 0.950. The standard InChI is InChI=1S/C23H22BrNO2/c1-2-27-21-14-12-20(13-15-21)25-22(17-8-10-19(24)11-9-17)16-23(26)18-6-4-3-5-7-18/h3-15,22,25H,2,16H2,1H3/t22-/m0/s1. The van der Waals surface area contributed by atoms with Crippen molar-refractivity contribution >= 4 is 27.4 Å². The van der Waals surface area contributed by atoms with Crippen LogP contribution in [0, 0.1) is 0 Å². The molecule has 0 heterocycles. The van der Waals surface area contributed by atoms with E-state index in [2.05, 4.69) is 21.2 Å². The van der Waals surface area contributed by atoms with E-state index >= 15 is 0 Å². The second-order valence-corrected chi connectivity index (χ2v) is 7.11. The average molecular weight is 424 g/mol. The molecule has 0 saturated carbocycles. The second kappa shape index (κ2) is 9.38. The Bertz CT molecular complexity index is 861. The highest BCUT2D eigenvalue weighted by atomic mass is 79.9. The summed E-state index contributed by atoms with van der Waals surface area (Å²) in [4.78, 5) is 12.8. The Morgan fingerprint density at radius 3 is 2.26 bits per heavy atom. The maximum Gasteiger partial charge on any atom is 0.165 e. The van der Waals surface area contributed by atoms with Crippen LogP contribution < -0.4 is 10.1 Å². The fourth-order valence-corrected chi connectivity index (χ4v) is 3.15. The SMILES string of the molecule is CCOc1ccc(N[C@@H](CC(=O)c2ccccc2)c2ccc(Br)cc2)cc1. The Morgan fingerprint density at radius 1 is 0.963 bits per heavy atom. The van der Waals surface area contributed by atoms with Gasteiger partial charge in [0.2, 0.25) is 0 Å². The van der Waals surface area contributed by atoms with Crippen LogP contribution in [0.5, 0.6) is 5.75 Å². The highest BCUT2D eigenvalue weighted by molar-refractivity contribution is 9.10. The van der Waals surface area contributed by atoms with Crippen molar-refractivity contribution in [1.82, 2.24) is 0 Å². The molecule has 0 amide bonds. The predicted molar refractivity (Wildman–Crippen MR) is 114 cm³/mol. The lowest BCUT2D eigenvalue weighted by Crippen LogP contribution is -2.15. The molecule has 1 N–H and O–H groups in total. The smallest absolute Gasteiger partial charge is 0.165 e. The van der Waals surface area contributed by atoms with E-state index in [4.69, 9.17) is 4.74 Å². The fourth-order valence-electron chi connectivity index (χ4n) is 2.89. The Balaban J connectivity index is 1.81. The summed E-state index contributed by atoms with van der Waals surface area (Å²) in [7, 11) is 0. The van der Waals surface area contributed by atoms with Gasteiger partial charge in [0.05, 0.1) is 12.6 Å². The molecule has 0 spiro atoms. The zero-order chi connectivity index (χ0) is 19.1. The molecule has 0 unspecified atom stereocenters. The Kier molecular flexibility index (Phi) is 6.66. The molecule has 3 nitrogen and oxygen atoms in total. The van der Waals surface area contributed by atoms with E-state index in [1.54, 1.807) is 0 Å². The van der Waals surface area contributed by atoms with Gasteiger partial charge in [-0.1, -0.05) is 58.4 Å². The minimum absolute atomic E-state index is 0.113.